The second kappa shape index (κ2) is 6.19. The van der Waals surface area contributed by atoms with Gasteiger partial charge in [-0.3, -0.25) is 0 Å². The number of thiazole rings is 1. The minimum absolute atomic E-state index is 0.380. The molecule has 0 amide bonds. The molecule has 0 spiro atoms. The Labute approximate surface area is 110 Å². The molecule has 0 saturated heterocycles. The first-order valence-electron chi connectivity index (χ1n) is 5.56. The van der Waals surface area contributed by atoms with E-state index >= 15 is 0 Å². The van der Waals surface area contributed by atoms with Gasteiger partial charge >= 0.3 is 0 Å². The molecule has 17 heavy (non-hydrogen) atoms. The summed E-state index contributed by atoms with van der Waals surface area (Å²) in [5.41, 5.74) is 2.44. The van der Waals surface area contributed by atoms with Crippen molar-refractivity contribution in [1.29, 1.82) is 0 Å². The second-order valence-corrected chi connectivity index (χ2v) is 5.94. The maximum Gasteiger partial charge on any atom is 0.150 e. The molecule has 4 heteroatoms. The van der Waals surface area contributed by atoms with Crippen molar-refractivity contribution in [2.75, 3.05) is 12.8 Å². The molecule has 0 bridgehead atoms. The molecule has 0 aliphatic heterocycles. The number of benzene rings is 1. The number of hydrogen-bond acceptors (Lipinski definition) is 4. The van der Waals surface area contributed by atoms with E-state index in [1.54, 1.807) is 11.3 Å². The van der Waals surface area contributed by atoms with Gasteiger partial charge in [0.15, 0.2) is 0 Å². The van der Waals surface area contributed by atoms with E-state index in [1.165, 1.54) is 5.56 Å². The fourth-order valence-corrected chi connectivity index (χ4v) is 3.60. The van der Waals surface area contributed by atoms with Crippen molar-refractivity contribution in [2.24, 2.45) is 0 Å². The highest BCUT2D eigenvalue weighted by atomic mass is 32.2. The molecule has 0 fully saturated rings. The Bertz CT molecular complexity index is 453. The third-order valence-electron chi connectivity index (χ3n) is 2.52. The SMILES string of the molecule is CNC(CSc1nc(C)cs1)c1ccccc1. The molecule has 2 aromatic rings. The Morgan fingerprint density at radius 1 is 1.35 bits per heavy atom. The van der Waals surface area contributed by atoms with Crippen LogP contribution >= 0.6 is 23.1 Å². The topological polar surface area (TPSA) is 24.9 Å². The van der Waals surface area contributed by atoms with Gasteiger partial charge in [-0.2, -0.15) is 0 Å². The first-order chi connectivity index (χ1) is 8.29. The molecule has 2 nitrogen and oxygen atoms in total. The first kappa shape index (κ1) is 12.6. The fraction of sp³-hybridized carbons (Fsp3) is 0.308. The molecular formula is C13H16N2S2. The van der Waals surface area contributed by atoms with Crippen LogP contribution in [-0.2, 0) is 0 Å². The third kappa shape index (κ3) is 3.56. The number of aromatic nitrogens is 1. The molecule has 2 rings (SSSR count). The van der Waals surface area contributed by atoms with Crippen LogP contribution in [0.25, 0.3) is 0 Å². The Balaban J connectivity index is 1.97. The quantitative estimate of drug-likeness (QED) is 0.837. The van der Waals surface area contributed by atoms with Crippen molar-refractivity contribution in [3.8, 4) is 0 Å². The van der Waals surface area contributed by atoms with Gasteiger partial charge in [-0.1, -0.05) is 42.1 Å². The average Bonchev–Trinajstić information content (AvgIpc) is 2.77. The maximum absolute atomic E-state index is 4.46. The van der Waals surface area contributed by atoms with Gasteiger partial charge in [-0.15, -0.1) is 11.3 Å². The summed E-state index contributed by atoms with van der Waals surface area (Å²) in [5, 5.41) is 5.45. The van der Waals surface area contributed by atoms with Gasteiger partial charge in [0.05, 0.1) is 0 Å². The van der Waals surface area contributed by atoms with Gasteiger partial charge in [0.2, 0.25) is 0 Å². The van der Waals surface area contributed by atoms with Crippen LogP contribution in [0.5, 0.6) is 0 Å². The highest BCUT2D eigenvalue weighted by molar-refractivity contribution is 8.01. The molecular weight excluding hydrogens is 248 g/mol. The molecule has 1 heterocycles. The monoisotopic (exact) mass is 264 g/mol. The summed E-state index contributed by atoms with van der Waals surface area (Å²) in [7, 11) is 2.01. The van der Waals surface area contributed by atoms with Crippen LogP contribution < -0.4 is 5.32 Å². The van der Waals surface area contributed by atoms with E-state index in [4.69, 9.17) is 0 Å². The van der Waals surface area contributed by atoms with Crippen LogP contribution in [0, 0.1) is 6.92 Å². The molecule has 1 N–H and O–H groups in total. The summed E-state index contributed by atoms with van der Waals surface area (Å²) in [6.45, 7) is 2.04. The minimum Gasteiger partial charge on any atom is -0.312 e. The van der Waals surface area contributed by atoms with E-state index in [-0.39, 0.29) is 0 Å². The number of rotatable bonds is 5. The molecule has 0 saturated carbocycles. The van der Waals surface area contributed by atoms with Gasteiger partial charge in [-0.25, -0.2) is 4.98 Å². The predicted molar refractivity (Wildman–Crippen MR) is 75.8 cm³/mol. The van der Waals surface area contributed by atoms with Crippen molar-refractivity contribution in [1.82, 2.24) is 10.3 Å². The second-order valence-electron chi connectivity index (χ2n) is 3.82. The van der Waals surface area contributed by atoms with E-state index in [2.05, 4.69) is 39.9 Å². The van der Waals surface area contributed by atoms with Crippen LogP contribution in [0.1, 0.15) is 17.3 Å². The average molecular weight is 264 g/mol. The van der Waals surface area contributed by atoms with Gasteiger partial charge in [-0.05, 0) is 19.5 Å². The first-order valence-corrected chi connectivity index (χ1v) is 7.43. The van der Waals surface area contributed by atoms with Crippen molar-refractivity contribution < 1.29 is 0 Å². The van der Waals surface area contributed by atoms with Crippen molar-refractivity contribution >= 4 is 23.1 Å². The predicted octanol–water partition coefficient (Wildman–Crippen LogP) is 3.50. The van der Waals surface area contributed by atoms with E-state index in [0.717, 1.165) is 15.8 Å². The zero-order chi connectivity index (χ0) is 12.1. The van der Waals surface area contributed by atoms with E-state index in [9.17, 15) is 0 Å². The zero-order valence-electron chi connectivity index (χ0n) is 10.0. The van der Waals surface area contributed by atoms with Crippen LogP contribution in [0.2, 0.25) is 0 Å². The zero-order valence-corrected chi connectivity index (χ0v) is 11.6. The summed E-state index contributed by atoms with van der Waals surface area (Å²) in [4.78, 5) is 4.46. The number of thioether (sulfide) groups is 1. The van der Waals surface area contributed by atoms with Crippen LogP contribution in [0.4, 0.5) is 0 Å². The maximum atomic E-state index is 4.46. The smallest absolute Gasteiger partial charge is 0.150 e. The van der Waals surface area contributed by atoms with E-state index < -0.39 is 0 Å². The van der Waals surface area contributed by atoms with Crippen LogP contribution in [-0.4, -0.2) is 17.8 Å². The highest BCUT2D eigenvalue weighted by Crippen LogP contribution is 2.27. The summed E-state index contributed by atoms with van der Waals surface area (Å²) >= 11 is 3.53. The Morgan fingerprint density at radius 3 is 2.71 bits per heavy atom. The summed E-state index contributed by atoms with van der Waals surface area (Å²) in [5.74, 6) is 1.01. The molecule has 1 aromatic heterocycles. The molecule has 0 aliphatic carbocycles. The lowest BCUT2D eigenvalue weighted by Gasteiger charge is -2.15. The van der Waals surface area contributed by atoms with Gasteiger partial charge < -0.3 is 5.32 Å². The summed E-state index contributed by atoms with van der Waals surface area (Å²) in [6, 6.07) is 10.9. The number of aryl methyl sites for hydroxylation is 1. The summed E-state index contributed by atoms with van der Waals surface area (Å²) in [6.07, 6.45) is 0. The number of hydrogen-bond donors (Lipinski definition) is 1. The normalized spacial score (nSPS) is 12.6. The molecule has 0 aliphatic rings. The fourth-order valence-electron chi connectivity index (χ4n) is 1.58. The van der Waals surface area contributed by atoms with Gasteiger partial charge in [0, 0.05) is 22.9 Å². The number of nitrogens with one attached hydrogen (secondary N) is 1. The van der Waals surface area contributed by atoms with E-state index in [1.807, 2.05) is 31.8 Å². The van der Waals surface area contributed by atoms with Crippen molar-refractivity contribution in [3.05, 3.63) is 47.0 Å². The lowest BCUT2D eigenvalue weighted by molar-refractivity contribution is 0.662. The Morgan fingerprint density at radius 2 is 2.12 bits per heavy atom. The Kier molecular flexibility index (Phi) is 4.59. The third-order valence-corrected chi connectivity index (χ3v) is 4.75. The largest absolute Gasteiger partial charge is 0.312 e. The molecule has 1 unspecified atom stereocenters. The lowest BCUT2D eigenvalue weighted by atomic mass is 10.1. The molecule has 1 atom stereocenters. The summed E-state index contributed by atoms with van der Waals surface area (Å²) < 4.78 is 1.15. The molecule has 1 aromatic carbocycles. The minimum atomic E-state index is 0.380. The Hall–Kier alpha value is -0.840. The van der Waals surface area contributed by atoms with Gasteiger partial charge in [0.25, 0.3) is 0 Å². The lowest BCUT2D eigenvalue weighted by Crippen LogP contribution is -2.18. The van der Waals surface area contributed by atoms with Crippen molar-refractivity contribution in [3.63, 3.8) is 0 Å². The molecule has 0 radical (unpaired) electrons. The number of nitrogens with zero attached hydrogens (tertiary/aromatic N) is 1. The molecule has 90 valence electrons. The van der Waals surface area contributed by atoms with Crippen LogP contribution in [0.3, 0.4) is 0 Å². The van der Waals surface area contributed by atoms with Crippen LogP contribution in [0.15, 0.2) is 40.1 Å². The van der Waals surface area contributed by atoms with Crippen molar-refractivity contribution in [2.45, 2.75) is 17.3 Å². The standard InChI is InChI=1S/C13H16N2S2/c1-10-8-16-13(15-10)17-9-12(14-2)11-6-4-3-5-7-11/h3-8,12,14H,9H2,1-2H3. The highest BCUT2D eigenvalue weighted by Gasteiger charge is 2.10. The van der Waals surface area contributed by atoms with Gasteiger partial charge in [0.1, 0.15) is 4.34 Å². The van der Waals surface area contributed by atoms with E-state index in [0.29, 0.717) is 6.04 Å².